The number of hydrogen-bond acceptors (Lipinski definition) is 4. The molecule has 1 N–H and O–H groups in total. The first-order valence-corrected chi connectivity index (χ1v) is 7.97. The molecule has 1 aromatic heterocycles. The number of aromatic nitrogens is 2. The van der Waals surface area contributed by atoms with Crippen LogP contribution < -0.4 is 10.2 Å². The van der Waals surface area contributed by atoms with Crippen molar-refractivity contribution in [3.63, 3.8) is 0 Å². The van der Waals surface area contributed by atoms with E-state index < -0.39 is 23.2 Å². The number of nitrogens with one attached hydrogen (secondary N) is 1. The lowest BCUT2D eigenvalue weighted by Crippen LogP contribution is -2.25. The molecule has 1 saturated heterocycles. The van der Waals surface area contributed by atoms with Crippen molar-refractivity contribution in [2.45, 2.75) is 25.7 Å². The maximum atomic E-state index is 13.6. The van der Waals surface area contributed by atoms with Gasteiger partial charge < -0.3 is 10.2 Å². The van der Waals surface area contributed by atoms with Gasteiger partial charge in [0.05, 0.1) is 12.4 Å². The first-order chi connectivity index (χ1) is 11.6. The third-order valence-corrected chi connectivity index (χ3v) is 4.00. The Morgan fingerprint density at radius 2 is 1.67 bits per heavy atom. The Balaban J connectivity index is 1.72. The Labute approximate surface area is 138 Å². The van der Waals surface area contributed by atoms with Crippen LogP contribution in [0.3, 0.4) is 0 Å². The fraction of sp³-hybridized carbons (Fsp3) is 0.353. The number of hydrogen-bond donors (Lipinski definition) is 1. The summed E-state index contributed by atoms with van der Waals surface area (Å²) in [4.78, 5) is 22.6. The van der Waals surface area contributed by atoms with Crippen LogP contribution in [-0.2, 0) is 0 Å². The van der Waals surface area contributed by atoms with Gasteiger partial charge in [0.25, 0.3) is 5.91 Å². The molecule has 126 valence electrons. The lowest BCUT2D eigenvalue weighted by molar-refractivity contribution is 0.102. The van der Waals surface area contributed by atoms with Crippen LogP contribution >= 0.6 is 0 Å². The molecule has 3 rings (SSSR count). The van der Waals surface area contributed by atoms with Crippen molar-refractivity contribution >= 4 is 17.4 Å². The summed E-state index contributed by atoms with van der Waals surface area (Å²) in [7, 11) is 0. The van der Waals surface area contributed by atoms with Gasteiger partial charge >= 0.3 is 0 Å². The molecule has 7 heteroatoms. The molecule has 1 aliphatic heterocycles. The predicted molar refractivity (Wildman–Crippen MR) is 87.0 cm³/mol. The molecule has 1 amide bonds. The Kier molecular flexibility index (Phi) is 4.98. The van der Waals surface area contributed by atoms with E-state index in [1.807, 2.05) is 0 Å². The monoisotopic (exact) mass is 332 g/mol. The second kappa shape index (κ2) is 7.33. The number of carbonyl (C=O) groups is 1. The van der Waals surface area contributed by atoms with Crippen molar-refractivity contribution in [3.05, 3.63) is 47.9 Å². The molecule has 0 radical (unpaired) electrons. The number of benzene rings is 1. The van der Waals surface area contributed by atoms with E-state index in [2.05, 4.69) is 20.2 Å². The van der Waals surface area contributed by atoms with E-state index in [9.17, 15) is 13.6 Å². The number of nitrogens with zero attached hydrogens (tertiary/aromatic N) is 3. The summed E-state index contributed by atoms with van der Waals surface area (Å²) < 4.78 is 27.1. The van der Waals surface area contributed by atoms with Crippen LogP contribution in [0, 0.1) is 11.6 Å². The van der Waals surface area contributed by atoms with Gasteiger partial charge in [-0.2, -0.15) is 0 Å². The third-order valence-electron chi connectivity index (χ3n) is 4.00. The number of rotatable bonds is 3. The van der Waals surface area contributed by atoms with Crippen molar-refractivity contribution in [2.24, 2.45) is 0 Å². The molecular formula is C17H18F2N4O. The van der Waals surface area contributed by atoms with E-state index in [0.29, 0.717) is 5.82 Å². The maximum Gasteiger partial charge on any atom is 0.276 e. The number of halogens is 2. The summed E-state index contributed by atoms with van der Waals surface area (Å²) in [6.07, 6.45) is 7.48. The topological polar surface area (TPSA) is 58.1 Å². The summed E-state index contributed by atoms with van der Waals surface area (Å²) in [5.41, 5.74) is -0.475. The predicted octanol–water partition coefficient (Wildman–Crippen LogP) is 3.39. The Hall–Kier alpha value is -2.57. The van der Waals surface area contributed by atoms with Crippen LogP contribution in [0.2, 0.25) is 0 Å². The normalized spacial score (nSPS) is 15.0. The molecule has 1 fully saturated rings. The molecule has 24 heavy (non-hydrogen) atoms. The zero-order valence-corrected chi connectivity index (χ0v) is 13.1. The first-order valence-electron chi connectivity index (χ1n) is 7.97. The zero-order chi connectivity index (χ0) is 16.9. The SMILES string of the molecule is O=C(Nc1c(F)cccc1F)c1cnc(N2CCCCCC2)cn1. The lowest BCUT2D eigenvalue weighted by Gasteiger charge is -2.20. The van der Waals surface area contributed by atoms with Gasteiger partial charge in [0.1, 0.15) is 28.8 Å². The average Bonchev–Trinajstić information content (AvgIpc) is 2.88. The van der Waals surface area contributed by atoms with E-state index in [1.165, 1.54) is 31.3 Å². The van der Waals surface area contributed by atoms with Crippen LogP contribution in [0.15, 0.2) is 30.6 Å². The van der Waals surface area contributed by atoms with Gasteiger partial charge in [-0.25, -0.2) is 18.7 Å². The summed E-state index contributed by atoms with van der Waals surface area (Å²) in [6.45, 7) is 1.83. The van der Waals surface area contributed by atoms with E-state index in [0.717, 1.165) is 38.1 Å². The van der Waals surface area contributed by atoms with Gasteiger partial charge in [-0.15, -0.1) is 0 Å². The fourth-order valence-corrected chi connectivity index (χ4v) is 2.70. The second-order valence-corrected chi connectivity index (χ2v) is 5.71. The van der Waals surface area contributed by atoms with E-state index in [-0.39, 0.29) is 5.69 Å². The molecule has 0 aliphatic carbocycles. The number of para-hydroxylation sites is 1. The van der Waals surface area contributed by atoms with E-state index in [4.69, 9.17) is 0 Å². The van der Waals surface area contributed by atoms with Gasteiger partial charge in [-0.1, -0.05) is 18.9 Å². The van der Waals surface area contributed by atoms with Crippen molar-refractivity contribution < 1.29 is 13.6 Å². The standard InChI is InChI=1S/C17H18F2N4O/c18-12-6-5-7-13(19)16(12)22-17(24)14-10-21-15(11-20-14)23-8-3-1-2-4-9-23/h5-7,10-11H,1-4,8-9H2,(H,22,24). The smallest absolute Gasteiger partial charge is 0.276 e. The van der Waals surface area contributed by atoms with E-state index in [1.54, 1.807) is 0 Å². The molecule has 0 bridgehead atoms. The molecule has 1 aliphatic rings. The molecule has 1 aromatic carbocycles. The van der Waals surface area contributed by atoms with Gasteiger partial charge in [-0.3, -0.25) is 4.79 Å². The first kappa shape index (κ1) is 16.3. The molecule has 0 saturated carbocycles. The average molecular weight is 332 g/mol. The summed E-state index contributed by atoms with van der Waals surface area (Å²) >= 11 is 0. The van der Waals surface area contributed by atoms with Crippen molar-refractivity contribution in [3.8, 4) is 0 Å². The molecule has 2 aromatic rings. The van der Waals surface area contributed by atoms with Crippen LogP contribution in [0.1, 0.15) is 36.2 Å². The number of amides is 1. The highest BCUT2D eigenvalue weighted by molar-refractivity contribution is 6.02. The van der Waals surface area contributed by atoms with Gasteiger partial charge in [0.2, 0.25) is 0 Å². The highest BCUT2D eigenvalue weighted by Crippen LogP contribution is 2.19. The summed E-state index contributed by atoms with van der Waals surface area (Å²) in [6, 6.07) is 3.38. The largest absolute Gasteiger partial charge is 0.355 e. The Bertz CT molecular complexity index is 693. The molecule has 0 unspecified atom stereocenters. The molecule has 5 nitrogen and oxygen atoms in total. The van der Waals surface area contributed by atoms with Gasteiger partial charge in [0.15, 0.2) is 0 Å². The van der Waals surface area contributed by atoms with Crippen molar-refractivity contribution in [1.82, 2.24) is 9.97 Å². The summed E-state index contributed by atoms with van der Waals surface area (Å²) in [5, 5.41) is 2.20. The number of anilines is 2. The van der Waals surface area contributed by atoms with Crippen molar-refractivity contribution in [1.29, 1.82) is 0 Å². The quantitative estimate of drug-likeness (QED) is 0.936. The second-order valence-electron chi connectivity index (χ2n) is 5.71. The highest BCUT2D eigenvalue weighted by Gasteiger charge is 2.16. The van der Waals surface area contributed by atoms with Gasteiger partial charge in [0, 0.05) is 13.1 Å². The van der Waals surface area contributed by atoms with Gasteiger partial charge in [-0.05, 0) is 25.0 Å². The zero-order valence-electron chi connectivity index (χ0n) is 13.1. The molecule has 0 atom stereocenters. The van der Waals surface area contributed by atoms with Crippen molar-refractivity contribution in [2.75, 3.05) is 23.3 Å². The van der Waals surface area contributed by atoms with Crippen LogP contribution in [0.4, 0.5) is 20.3 Å². The Morgan fingerprint density at radius 3 is 2.25 bits per heavy atom. The minimum absolute atomic E-state index is 0.0104. The third kappa shape index (κ3) is 3.67. The molecule has 0 spiro atoms. The maximum absolute atomic E-state index is 13.6. The minimum Gasteiger partial charge on any atom is -0.355 e. The lowest BCUT2D eigenvalue weighted by atomic mass is 10.2. The van der Waals surface area contributed by atoms with Crippen LogP contribution in [-0.4, -0.2) is 29.0 Å². The minimum atomic E-state index is -0.836. The van der Waals surface area contributed by atoms with E-state index >= 15 is 0 Å². The highest BCUT2D eigenvalue weighted by atomic mass is 19.1. The van der Waals surface area contributed by atoms with Crippen LogP contribution in [0.5, 0.6) is 0 Å². The molecular weight excluding hydrogens is 314 g/mol. The number of carbonyl (C=O) groups excluding carboxylic acids is 1. The van der Waals surface area contributed by atoms with Crippen LogP contribution in [0.25, 0.3) is 0 Å². The Morgan fingerprint density at radius 1 is 1.00 bits per heavy atom. The fourth-order valence-electron chi connectivity index (χ4n) is 2.70. The summed E-state index contributed by atoms with van der Waals surface area (Å²) in [5.74, 6) is -1.66. The molecule has 2 heterocycles.